The number of ether oxygens (including phenoxy) is 2. The molecule has 0 unspecified atom stereocenters. The van der Waals surface area contributed by atoms with Gasteiger partial charge < -0.3 is 20.1 Å². The first-order chi connectivity index (χ1) is 14.0. The number of rotatable bonds is 7. The second-order valence-electron chi connectivity index (χ2n) is 5.72. The molecule has 2 rings (SSSR count). The maximum atomic E-state index is 12.3. The van der Waals surface area contributed by atoms with Crippen LogP contribution in [0.4, 0.5) is 5.69 Å². The van der Waals surface area contributed by atoms with E-state index in [2.05, 4.69) is 22.5 Å². The standard InChI is InChI=1S/C22H21ClN2O4/c1-4-5-12-29-20-13-15(6-10-19(20)28-3)7-11-21(26)25-18-9-8-16(23)14-17(18)22(27)24-2/h6-11,13-14H,12H2,1-3H3,(H,24,27)(H,25,26)/b11-7+. The van der Waals surface area contributed by atoms with Crippen molar-refractivity contribution in [3.05, 3.63) is 58.6 Å². The lowest BCUT2D eigenvalue weighted by Crippen LogP contribution is -2.20. The Hall–Kier alpha value is -3.43. The second-order valence-corrected chi connectivity index (χ2v) is 6.15. The predicted molar refractivity (Wildman–Crippen MR) is 114 cm³/mol. The largest absolute Gasteiger partial charge is 0.493 e. The van der Waals surface area contributed by atoms with E-state index in [1.165, 1.54) is 19.2 Å². The highest BCUT2D eigenvalue weighted by Crippen LogP contribution is 2.28. The van der Waals surface area contributed by atoms with Crippen LogP contribution in [0, 0.1) is 11.8 Å². The topological polar surface area (TPSA) is 76.7 Å². The average molecular weight is 413 g/mol. The second kappa shape index (κ2) is 10.8. The molecule has 7 heteroatoms. The molecule has 0 heterocycles. The minimum Gasteiger partial charge on any atom is -0.493 e. The molecule has 0 saturated carbocycles. The number of carbonyl (C=O) groups is 2. The summed E-state index contributed by atoms with van der Waals surface area (Å²) < 4.78 is 10.9. The van der Waals surface area contributed by atoms with Crippen molar-refractivity contribution in [2.24, 2.45) is 0 Å². The van der Waals surface area contributed by atoms with Crippen LogP contribution in [0.1, 0.15) is 22.8 Å². The number of halogens is 1. The monoisotopic (exact) mass is 412 g/mol. The van der Waals surface area contributed by atoms with E-state index in [0.717, 1.165) is 5.56 Å². The molecular weight excluding hydrogens is 392 g/mol. The molecule has 0 atom stereocenters. The Balaban J connectivity index is 2.16. The van der Waals surface area contributed by atoms with Crippen LogP contribution >= 0.6 is 11.6 Å². The van der Waals surface area contributed by atoms with Gasteiger partial charge in [0, 0.05) is 18.1 Å². The van der Waals surface area contributed by atoms with Gasteiger partial charge in [-0.15, -0.1) is 5.92 Å². The zero-order chi connectivity index (χ0) is 21.2. The van der Waals surface area contributed by atoms with Gasteiger partial charge in [0.15, 0.2) is 11.5 Å². The van der Waals surface area contributed by atoms with Crippen LogP contribution in [-0.2, 0) is 4.79 Å². The molecule has 0 radical (unpaired) electrons. The van der Waals surface area contributed by atoms with Gasteiger partial charge in [-0.25, -0.2) is 0 Å². The van der Waals surface area contributed by atoms with Crippen molar-refractivity contribution in [3.8, 4) is 23.3 Å². The highest BCUT2D eigenvalue weighted by Gasteiger charge is 2.12. The zero-order valence-electron chi connectivity index (χ0n) is 16.3. The van der Waals surface area contributed by atoms with E-state index in [-0.39, 0.29) is 18.1 Å². The molecule has 29 heavy (non-hydrogen) atoms. The third-order valence-electron chi connectivity index (χ3n) is 3.80. The van der Waals surface area contributed by atoms with E-state index in [4.69, 9.17) is 21.1 Å². The van der Waals surface area contributed by atoms with Gasteiger partial charge in [-0.05, 0) is 48.9 Å². The molecule has 0 fully saturated rings. The number of nitrogens with one attached hydrogen (secondary N) is 2. The fourth-order valence-electron chi connectivity index (χ4n) is 2.39. The van der Waals surface area contributed by atoms with Crippen molar-refractivity contribution in [2.75, 3.05) is 26.1 Å². The van der Waals surface area contributed by atoms with Crippen molar-refractivity contribution in [3.63, 3.8) is 0 Å². The molecule has 0 aromatic heterocycles. The molecule has 0 bridgehead atoms. The molecule has 0 aliphatic heterocycles. The number of anilines is 1. The van der Waals surface area contributed by atoms with Gasteiger partial charge in [-0.2, -0.15) is 0 Å². The summed E-state index contributed by atoms with van der Waals surface area (Å²) in [6.45, 7) is 1.97. The molecule has 0 spiro atoms. The number of hydrogen-bond acceptors (Lipinski definition) is 4. The molecule has 2 N–H and O–H groups in total. The van der Waals surface area contributed by atoms with E-state index in [9.17, 15) is 9.59 Å². The maximum absolute atomic E-state index is 12.3. The van der Waals surface area contributed by atoms with Crippen LogP contribution in [0.2, 0.25) is 5.02 Å². The first-order valence-electron chi connectivity index (χ1n) is 8.69. The summed E-state index contributed by atoms with van der Waals surface area (Å²) >= 11 is 5.94. The van der Waals surface area contributed by atoms with Crippen LogP contribution in [0.15, 0.2) is 42.5 Å². The predicted octanol–water partition coefficient (Wildman–Crippen LogP) is 3.76. The normalized spacial score (nSPS) is 10.1. The Bertz CT molecular complexity index is 990. The van der Waals surface area contributed by atoms with Crippen LogP contribution in [0.25, 0.3) is 6.08 Å². The molecule has 0 aliphatic rings. The highest BCUT2D eigenvalue weighted by atomic mass is 35.5. The van der Waals surface area contributed by atoms with E-state index in [1.54, 1.807) is 50.4 Å². The summed E-state index contributed by atoms with van der Waals surface area (Å²) in [5, 5.41) is 5.60. The lowest BCUT2D eigenvalue weighted by Gasteiger charge is -2.10. The third-order valence-corrected chi connectivity index (χ3v) is 4.04. The maximum Gasteiger partial charge on any atom is 0.253 e. The number of methoxy groups -OCH3 is 1. The summed E-state index contributed by atoms with van der Waals surface area (Å²) in [5.41, 5.74) is 1.38. The van der Waals surface area contributed by atoms with E-state index in [0.29, 0.717) is 22.2 Å². The molecule has 0 saturated heterocycles. The molecule has 6 nitrogen and oxygen atoms in total. The van der Waals surface area contributed by atoms with Crippen molar-refractivity contribution in [2.45, 2.75) is 6.92 Å². The summed E-state index contributed by atoms with van der Waals surface area (Å²) in [6, 6.07) is 9.95. The lowest BCUT2D eigenvalue weighted by molar-refractivity contribution is -0.111. The van der Waals surface area contributed by atoms with E-state index >= 15 is 0 Å². The molecule has 2 aromatic carbocycles. The van der Waals surface area contributed by atoms with E-state index in [1.807, 2.05) is 0 Å². The summed E-state index contributed by atoms with van der Waals surface area (Å²) in [5.74, 6) is 5.92. The lowest BCUT2D eigenvalue weighted by atomic mass is 10.1. The molecular formula is C22H21ClN2O4. The van der Waals surface area contributed by atoms with Gasteiger partial charge in [-0.3, -0.25) is 9.59 Å². The van der Waals surface area contributed by atoms with Crippen molar-refractivity contribution in [1.29, 1.82) is 0 Å². The molecule has 2 amide bonds. The average Bonchev–Trinajstić information content (AvgIpc) is 2.73. The van der Waals surface area contributed by atoms with Gasteiger partial charge in [0.1, 0.15) is 6.61 Å². The summed E-state index contributed by atoms with van der Waals surface area (Å²) in [4.78, 5) is 24.3. The third kappa shape index (κ3) is 6.30. The minimum atomic E-state index is -0.396. The van der Waals surface area contributed by atoms with Crippen molar-refractivity contribution in [1.82, 2.24) is 5.32 Å². The van der Waals surface area contributed by atoms with Crippen LogP contribution in [0.5, 0.6) is 11.5 Å². The summed E-state index contributed by atoms with van der Waals surface area (Å²) in [7, 11) is 3.05. The Morgan fingerprint density at radius 1 is 1.17 bits per heavy atom. The van der Waals surface area contributed by atoms with E-state index < -0.39 is 5.91 Å². The van der Waals surface area contributed by atoms with Crippen molar-refractivity contribution >= 4 is 35.2 Å². The Morgan fingerprint density at radius 2 is 1.97 bits per heavy atom. The van der Waals surface area contributed by atoms with Gasteiger partial charge in [0.2, 0.25) is 5.91 Å². The van der Waals surface area contributed by atoms with Crippen LogP contribution in [0.3, 0.4) is 0 Å². The SMILES string of the molecule is CC#CCOc1cc(/C=C/C(=O)Nc2ccc(Cl)cc2C(=O)NC)ccc1OC. The smallest absolute Gasteiger partial charge is 0.253 e. The number of benzene rings is 2. The first-order valence-corrected chi connectivity index (χ1v) is 9.07. The first kappa shape index (κ1) is 21.9. The number of carbonyl (C=O) groups excluding carboxylic acids is 2. The minimum absolute atomic E-state index is 0.235. The Labute approximate surface area is 174 Å². The van der Waals surface area contributed by atoms with Crippen LogP contribution in [-0.4, -0.2) is 32.6 Å². The van der Waals surface area contributed by atoms with Gasteiger partial charge in [0.05, 0.1) is 18.4 Å². The van der Waals surface area contributed by atoms with Crippen LogP contribution < -0.4 is 20.1 Å². The summed E-state index contributed by atoms with van der Waals surface area (Å²) in [6.07, 6.45) is 2.99. The van der Waals surface area contributed by atoms with Gasteiger partial charge in [0.25, 0.3) is 5.91 Å². The molecule has 0 aliphatic carbocycles. The number of hydrogen-bond donors (Lipinski definition) is 2. The number of amides is 2. The van der Waals surface area contributed by atoms with Crippen molar-refractivity contribution < 1.29 is 19.1 Å². The van der Waals surface area contributed by atoms with Gasteiger partial charge in [-0.1, -0.05) is 23.6 Å². The zero-order valence-corrected chi connectivity index (χ0v) is 17.1. The Kier molecular flexibility index (Phi) is 8.13. The fraction of sp³-hybridized carbons (Fsp3) is 0.182. The highest BCUT2D eigenvalue weighted by molar-refractivity contribution is 6.31. The fourth-order valence-corrected chi connectivity index (χ4v) is 2.56. The quantitative estimate of drug-likeness (QED) is 0.536. The molecule has 150 valence electrons. The van der Waals surface area contributed by atoms with Gasteiger partial charge >= 0.3 is 0 Å². The Morgan fingerprint density at radius 3 is 2.66 bits per heavy atom. The molecule has 2 aromatic rings.